The number of fused-ring (bicyclic) bond motifs is 1. The van der Waals surface area contributed by atoms with Crippen LogP contribution in [0.15, 0.2) is 36.7 Å². The molecular formula is C16H20N2S. The first-order chi connectivity index (χ1) is 9.25. The molecule has 1 fully saturated rings. The van der Waals surface area contributed by atoms with Crippen LogP contribution in [0, 0.1) is 0 Å². The highest BCUT2D eigenvalue weighted by Crippen LogP contribution is 2.36. The normalized spacial score (nSPS) is 23.0. The first-order valence-electron chi connectivity index (χ1n) is 6.93. The monoisotopic (exact) mass is 272 g/mol. The summed E-state index contributed by atoms with van der Waals surface area (Å²) in [5.41, 5.74) is 1.35. The Hall–Kier alpha value is -1.06. The lowest BCUT2D eigenvalue weighted by Crippen LogP contribution is -2.32. The highest BCUT2D eigenvalue weighted by atomic mass is 32.2. The molecule has 0 saturated carbocycles. The van der Waals surface area contributed by atoms with Crippen LogP contribution in [0.3, 0.4) is 0 Å². The van der Waals surface area contributed by atoms with Gasteiger partial charge in [-0.05, 0) is 48.6 Å². The molecule has 0 amide bonds. The fourth-order valence-electron chi connectivity index (χ4n) is 2.69. The topological polar surface area (TPSA) is 24.9 Å². The number of benzene rings is 1. The van der Waals surface area contributed by atoms with Crippen molar-refractivity contribution in [1.82, 2.24) is 10.3 Å². The fourth-order valence-corrected chi connectivity index (χ4v) is 3.96. The van der Waals surface area contributed by atoms with Gasteiger partial charge in [-0.15, -0.1) is 0 Å². The Morgan fingerprint density at radius 3 is 3.11 bits per heavy atom. The van der Waals surface area contributed by atoms with Crippen LogP contribution in [0.25, 0.3) is 10.8 Å². The number of hydrogen-bond donors (Lipinski definition) is 1. The Morgan fingerprint density at radius 1 is 1.32 bits per heavy atom. The van der Waals surface area contributed by atoms with Crippen LogP contribution in [-0.4, -0.2) is 22.0 Å². The quantitative estimate of drug-likeness (QED) is 0.920. The third-order valence-electron chi connectivity index (χ3n) is 3.83. The molecule has 1 aromatic heterocycles. The smallest absolute Gasteiger partial charge is 0.0346 e. The van der Waals surface area contributed by atoms with Crippen molar-refractivity contribution in [2.75, 3.05) is 12.3 Å². The molecule has 2 heterocycles. The molecule has 3 heteroatoms. The van der Waals surface area contributed by atoms with E-state index in [1.54, 1.807) is 0 Å². The molecule has 2 nitrogen and oxygen atoms in total. The summed E-state index contributed by atoms with van der Waals surface area (Å²) in [6.45, 7) is 4.43. The van der Waals surface area contributed by atoms with Crippen molar-refractivity contribution in [2.24, 2.45) is 0 Å². The number of nitrogens with one attached hydrogen (secondary N) is 1. The summed E-state index contributed by atoms with van der Waals surface area (Å²) in [4.78, 5) is 4.15. The van der Waals surface area contributed by atoms with Gasteiger partial charge in [-0.2, -0.15) is 11.8 Å². The molecule has 19 heavy (non-hydrogen) atoms. The summed E-state index contributed by atoms with van der Waals surface area (Å²) in [6.07, 6.45) is 6.48. The van der Waals surface area contributed by atoms with Crippen LogP contribution in [0.1, 0.15) is 25.3 Å². The molecule has 1 aliphatic rings. The first-order valence-corrected chi connectivity index (χ1v) is 7.91. The molecule has 1 aromatic carbocycles. The summed E-state index contributed by atoms with van der Waals surface area (Å²) in [6, 6.07) is 8.69. The zero-order valence-electron chi connectivity index (χ0n) is 11.4. The summed E-state index contributed by atoms with van der Waals surface area (Å²) >= 11 is 2.11. The maximum absolute atomic E-state index is 4.15. The molecule has 2 aromatic rings. The van der Waals surface area contributed by atoms with Gasteiger partial charge in [0, 0.05) is 35.6 Å². The third-order valence-corrected chi connectivity index (χ3v) is 5.37. The second kappa shape index (κ2) is 5.51. The summed E-state index contributed by atoms with van der Waals surface area (Å²) in [5.74, 6) is 1.32. The summed E-state index contributed by atoms with van der Waals surface area (Å²) in [7, 11) is 0. The van der Waals surface area contributed by atoms with E-state index in [4.69, 9.17) is 0 Å². The van der Waals surface area contributed by atoms with E-state index >= 15 is 0 Å². The maximum atomic E-state index is 4.15. The number of hydrogen-bond acceptors (Lipinski definition) is 3. The molecule has 1 unspecified atom stereocenters. The van der Waals surface area contributed by atoms with Crippen molar-refractivity contribution in [1.29, 1.82) is 0 Å². The number of nitrogens with zero attached hydrogens (tertiary/aromatic N) is 1. The second-order valence-corrected chi connectivity index (χ2v) is 7.25. The lowest BCUT2D eigenvalue weighted by atomic mass is 10.1. The van der Waals surface area contributed by atoms with Gasteiger partial charge in [-0.1, -0.05) is 12.1 Å². The van der Waals surface area contributed by atoms with Crippen molar-refractivity contribution in [3.05, 3.63) is 42.2 Å². The van der Waals surface area contributed by atoms with E-state index in [0.29, 0.717) is 4.75 Å². The van der Waals surface area contributed by atoms with E-state index in [0.717, 1.165) is 13.1 Å². The van der Waals surface area contributed by atoms with Crippen LogP contribution in [-0.2, 0) is 6.54 Å². The van der Waals surface area contributed by atoms with Crippen molar-refractivity contribution in [2.45, 2.75) is 31.1 Å². The second-order valence-electron chi connectivity index (χ2n) is 5.56. The molecular weight excluding hydrogens is 252 g/mol. The predicted molar refractivity (Wildman–Crippen MR) is 83.5 cm³/mol. The van der Waals surface area contributed by atoms with Gasteiger partial charge < -0.3 is 5.32 Å². The maximum Gasteiger partial charge on any atom is 0.0346 e. The molecule has 0 spiro atoms. The highest BCUT2D eigenvalue weighted by molar-refractivity contribution is 8.00. The lowest BCUT2D eigenvalue weighted by molar-refractivity contribution is 0.537. The minimum absolute atomic E-state index is 0.445. The number of aromatic nitrogens is 1. The van der Waals surface area contributed by atoms with E-state index < -0.39 is 0 Å². The lowest BCUT2D eigenvalue weighted by Gasteiger charge is -2.23. The number of rotatable bonds is 4. The minimum Gasteiger partial charge on any atom is -0.311 e. The molecule has 1 atom stereocenters. The van der Waals surface area contributed by atoms with Gasteiger partial charge in [0.1, 0.15) is 0 Å². The number of thioether (sulfide) groups is 1. The minimum atomic E-state index is 0.445. The van der Waals surface area contributed by atoms with Crippen molar-refractivity contribution in [3.63, 3.8) is 0 Å². The molecule has 0 aliphatic carbocycles. The van der Waals surface area contributed by atoms with E-state index in [1.807, 2.05) is 12.4 Å². The molecule has 1 N–H and O–H groups in total. The van der Waals surface area contributed by atoms with E-state index in [1.165, 1.54) is 34.9 Å². The Kier molecular flexibility index (Phi) is 3.76. The SMILES string of the molecule is CC1(CNCc2ccc3cnccc3c2)CCCS1. The van der Waals surface area contributed by atoms with Crippen LogP contribution in [0.4, 0.5) is 0 Å². The van der Waals surface area contributed by atoms with Crippen LogP contribution >= 0.6 is 11.8 Å². The van der Waals surface area contributed by atoms with Gasteiger partial charge in [0.2, 0.25) is 0 Å². The molecule has 0 bridgehead atoms. The van der Waals surface area contributed by atoms with Crippen molar-refractivity contribution >= 4 is 22.5 Å². The zero-order valence-corrected chi connectivity index (χ0v) is 12.2. The van der Waals surface area contributed by atoms with Gasteiger partial charge >= 0.3 is 0 Å². The summed E-state index contributed by atoms with van der Waals surface area (Å²) in [5, 5.41) is 6.10. The molecule has 1 saturated heterocycles. The van der Waals surface area contributed by atoms with E-state index in [9.17, 15) is 0 Å². The zero-order chi connectivity index (χ0) is 13.1. The van der Waals surface area contributed by atoms with E-state index in [-0.39, 0.29) is 0 Å². The Labute approximate surface area is 119 Å². The highest BCUT2D eigenvalue weighted by Gasteiger charge is 2.28. The number of pyridine rings is 1. The molecule has 0 radical (unpaired) electrons. The van der Waals surface area contributed by atoms with Crippen molar-refractivity contribution < 1.29 is 0 Å². The first kappa shape index (κ1) is 12.9. The van der Waals surface area contributed by atoms with Crippen LogP contribution in [0.5, 0.6) is 0 Å². The summed E-state index contributed by atoms with van der Waals surface area (Å²) < 4.78 is 0.445. The van der Waals surface area contributed by atoms with Crippen LogP contribution in [0.2, 0.25) is 0 Å². The van der Waals surface area contributed by atoms with Gasteiger partial charge in [-0.25, -0.2) is 0 Å². The van der Waals surface area contributed by atoms with Gasteiger partial charge in [-0.3, -0.25) is 4.98 Å². The Bertz CT molecular complexity index is 561. The third kappa shape index (κ3) is 3.10. The van der Waals surface area contributed by atoms with Gasteiger partial charge in [0.15, 0.2) is 0 Å². The van der Waals surface area contributed by atoms with Crippen LogP contribution < -0.4 is 5.32 Å². The Balaban J connectivity index is 1.62. The van der Waals surface area contributed by atoms with Gasteiger partial charge in [0.25, 0.3) is 0 Å². The van der Waals surface area contributed by atoms with E-state index in [2.05, 4.69) is 53.3 Å². The molecule has 3 rings (SSSR count). The fraction of sp³-hybridized carbons (Fsp3) is 0.438. The molecule has 1 aliphatic heterocycles. The Morgan fingerprint density at radius 2 is 2.26 bits per heavy atom. The average molecular weight is 272 g/mol. The average Bonchev–Trinajstić information content (AvgIpc) is 2.86. The van der Waals surface area contributed by atoms with Crippen molar-refractivity contribution in [3.8, 4) is 0 Å². The largest absolute Gasteiger partial charge is 0.311 e. The molecule has 100 valence electrons. The predicted octanol–water partition coefficient (Wildman–Crippen LogP) is 3.61. The standard InChI is InChI=1S/C16H20N2S/c1-16(6-2-8-19-16)12-18-10-13-3-4-15-11-17-7-5-14(15)9-13/h3-5,7,9,11,18H,2,6,8,10,12H2,1H3. The van der Waals surface area contributed by atoms with Gasteiger partial charge in [0.05, 0.1) is 0 Å².